The maximum atomic E-state index is 11.6. The van der Waals surface area contributed by atoms with Gasteiger partial charge in [0.2, 0.25) is 0 Å². The van der Waals surface area contributed by atoms with Gasteiger partial charge in [0.05, 0.1) is 13.6 Å². The van der Waals surface area contributed by atoms with Gasteiger partial charge in [-0.05, 0) is 69.3 Å². The summed E-state index contributed by atoms with van der Waals surface area (Å²) in [6, 6.07) is 23.5. The van der Waals surface area contributed by atoms with E-state index >= 15 is 0 Å². The summed E-state index contributed by atoms with van der Waals surface area (Å²) in [4.78, 5) is 11.6. The Bertz CT molecular complexity index is 1320. The van der Waals surface area contributed by atoms with Crippen LogP contribution in [-0.4, -0.2) is 19.1 Å². The first-order valence-electron chi connectivity index (χ1n) is 12.5. The number of carbonyl (C=O) groups is 1. The molecule has 0 aromatic heterocycles. The second-order valence-electron chi connectivity index (χ2n) is 11.2. The molecule has 0 aliphatic heterocycles. The van der Waals surface area contributed by atoms with Crippen LogP contribution < -0.4 is 0 Å². The largest absolute Gasteiger partial charge is 0.478 e. The first-order chi connectivity index (χ1) is 16.5. The molecule has 3 aromatic rings. The molecule has 3 heteroatoms. The Morgan fingerprint density at radius 2 is 1.71 bits per heavy atom. The molecule has 1 aliphatic rings. The van der Waals surface area contributed by atoms with Crippen molar-refractivity contribution in [3.05, 3.63) is 112 Å². The number of hydrogen-bond acceptors (Lipinski definition) is 1. The molecule has 0 bridgehead atoms. The normalized spacial score (nSPS) is 15.4. The minimum atomic E-state index is -1.73. The van der Waals surface area contributed by atoms with E-state index in [0.29, 0.717) is 12.0 Å². The van der Waals surface area contributed by atoms with Gasteiger partial charge in [0.15, 0.2) is 0 Å². The zero-order valence-corrected chi connectivity index (χ0v) is 22.8. The van der Waals surface area contributed by atoms with E-state index in [4.69, 9.17) is 0 Å². The molecule has 4 rings (SSSR count). The van der Waals surface area contributed by atoms with Crippen molar-refractivity contribution in [3.8, 4) is 0 Å². The monoisotopic (exact) mass is 480 g/mol. The number of aryl methyl sites for hydroxylation is 1. The van der Waals surface area contributed by atoms with E-state index in [1.165, 1.54) is 33.0 Å². The molecule has 1 aliphatic carbocycles. The lowest BCUT2D eigenvalue weighted by Gasteiger charge is -2.33. The van der Waals surface area contributed by atoms with Crippen molar-refractivity contribution < 1.29 is 9.90 Å². The van der Waals surface area contributed by atoms with Crippen LogP contribution in [0.3, 0.4) is 0 Å². The average Bonchev–Trinajstić information content (AvgIpc) is 2.82. The summed E-state index contributed by atoms with van der Waals surface area (Å²) in [6.07, 6.45) is 6.41. The Hall–Kier alpha value is -3.17. The van der Waals surface area contributed by atoms with Crippen LogP contribution in [0.15, 0.2) is 72.8 Å². The SMILES string of the molecule is CCc1cc(C=C(c2ccc3c(c2)C(c2ccccc2)=CCC3(C)C)[Si](C)(C)C)ccc1C(=O)O. The number of benzene rings is 3. The lowest BCUT2D eigenvalue weighted by molar-refractivity contribution is 0.0695. The number of carboxylic acids is 1. The van der Waals surface area contributed by atoms with Crippen LogP contribution in [0.25, 0.3) is 16.8 Å². The fraction of sp³-hybridized carbons (Fsp3) is 0.281. The van der Waals surface area contributed by atoms with Crippen LogP contribution in [0.4, 0.5) is 0 Å². The number of carboxylic acid groups (broad SMARTS) is 1. The minimum absolute atomic E-state index is 0.0951. The summed E-state index contributed by atoms with van der Waals surface area (Å²) in [5.41, 5.74) is 9.01. The van der Waals surface area contributed by atoms with Crippen molar-refractivity contribution in [2.45, 2.75) is 58.7 Å². The Labute approximate surface area is 211 Å². The molecular weight excluding hydrogens is 444 g/mol. The van der Waals surface area contributed by atoms with E-state index in [-0.39, 0.29) is 5.41 Å². The lowest BCUT2D eigenvalue weighted by atomic mass is 9.72. The number of fused-ring (bicyclic) bond motifs is 1. The van der Waals surface area contributed by atoms with Crippen molar-refractivity contribution in [2.75, 3.05) is 0 Å². The van der Waals surface area contributed by atoms with Gasteiger partial charge < -0.3 is 5.11 Å². The Balaban J connectivity index is 1.88. The second-order valence-corrected chi connectivity index (χ2v) is 16.3. The van der Waals surface area contributed by atoms with Gasteiger partial charge >= 0.3 is 5.97 Å². The fourth-order valence-electron chi connectivity index (χ4n) is 5.10. The van der Waals surface area contributed by atoms with Gasteiger partial charge in [-0.2, -0.15) is 0 Å². The molecule has 0 heterocycles. The van der Waals surface area contributed by atoms with Crippen LogP contribution in [0.2, 0.25) is 19.6 Å². The molecule has 0 saturated carbocycles. The molecule has 0 saturated heterocycles. The van der Waals surface area contributed by atoms with Gasteiger partial charge in [0, 0.05) is 0 Å². The molecule has 0 atom stereocenters. The predicted octanol–water partition coefficient (Wildman–Crippen LogP) is 8.48. The predicted molar refractivity (Wildman–Crippen MR) is 152 cm³/mol. The van der Waals surface area contributed by atoms with Crippen molar-refractivity contribution in [1.29, 1.82) is 0 Å². The number of hydrogen-bond donors (Lipinski definition) is 1. The topological polar surface area (TPSA) is 37.3 Å². The maximum Gasteiger partial charge on any atom is 0.335 e. The average molecular weight is 481 g/mol. The highest BCUT2D eigenvalue weighted by atomic mass is 28.3. The van der Waals surface area contributed by atoms with Crippen molar-refractivity contribution in [3.63, 3.8) is 0 Å². The summed E-state index contributed by atoms with van der Waals surface area (Å²) < 4.78 is 0. The Morgan fingerprint density at radius 3 is 2.34 bits per heavy atom. The van der Waals surface area contributed by atoms with E-state index in [9.17, 15) is 9.90 Å². The molecule has 0 amide bonds. The van der Waals surface area contributed by atoms with Crippen molar-refractivity contribution in [1.82, 2.24) is 0 Å². The van der Waals surface area contributed by atoms with E-state index in [2.05, 4.69) is 94.2 Å². The van der Waals surface area contributed by atoms with Crippen molar-refractivity contribution in [2.24, 2.45) is 0 Å². The molecule has 0 spiro atoms. The first-order valence-corrected chi connectivity index (χ1v) is 16.0. The van der Waals surface area contributed by atoms with Crippen LogP contribution in [0, 0.1) is 0 Å². The van der Waals surface area contributed by atoms with Gasteiger partial charge in [0.25, 0.3) is 0 Å². The molecule has 0 unspecified atom stereocenters. The zero-order valence-electron chi connectivity index (χ0n) is 21.8. The molecule has 0 radical (unpaired) electrons. The molecular formula is C32H36O2Si. The molecule has 1 N–H and O–H groups in total. The summed E-state index contributed by atoms with van der Waals surface area (Å²) in [6.45, 7) is 13.8. The highest BCUT2D eigenvalue weighted by Gasteiger charge is 2.30. The van der Waals surface area contributed by atoms with E-state index in [0.717, 1.165) is 17.5 Å². The third-order valence-electron chi connectivity index (χ3n) is 7.11. The number of allylic oxidation sites excluding steroid dienone is 1. The van der Waals surface area contributed by atoms with Crippen LogP contribution in [-0.2, 0) is 11.8 Å². The third-order valence-corrected chi connectivity index (χ3v) is 9.16. The van der Waals surface area contributed by atoms with Crippen LogP contribution in [0.1, 0.15) is 70.9 Å². The number of aromatic carboxylic acids is 1. The van der Waals surface area contributed by atoms with Gasteiger partial charge in [-0.25, -0.2) is 4.79 Å². The summed E-state index contributed by atoms with van der Waals surface area (Å²) in [7, 11) is -1.73. The molecule has 2 nitrogen and oxygen atoms in total. The fourth-order valence-corrected chi connectivity index (χ4v) is 6.72. The Kier molecular flexibility index (Phi) is 6.74. The van der Waals surface area contributed by atoms with Crippen LogP contribution >= 0.6 is 0 Å². The highest BCUT2D eigenvalue weighted by Crippen LogP contribution is 2.43. The first kappa shape index (κ1) is 24.9. The lowest BCUT2D eigenvalue weighted by Crippen LogP contribution is -2.25. The van der Waals surface area contributed by atoms with Crippen LogP contribution in [0.5, 0.6) is 0 Å². The summed E-state index contributed by atoms with van der Waals surface area (Å²) in [5.74, 6) is -0.861. The summed E-state index contributed by atoms with van der Waals surface area (Å²) >= 11 is 0. The quantitative estimate of drug-likeness (QED) is 0.284. The highest BCUT2D eigenvalue weighted by molar-refractivity contribution is 6.94. The van der Waals surface area contributed by atoms with Gasteiger partial charge in [-0.1, -0.05) is 112 Å². The van der Waals surface area contributed by atoms with E-state index in [1.807, 2.05) is 19.1 Å². The maximum absolute atomic E-state index is 11.6. The number of rotatable bonds is 6. The standard InChI is InChI=1S/C32H36O2Si/c1-7-23-19-22(13-15-27(23)31(33)34)20-30(35(4,5)6)25-14-16-29-28(21-25)26(17-18-32(29,2)3)24-11-9-8-10-12-24/h8-17,19-21H,7,18H2,1-6H3,(H,33,34). The van der Waals surface area contributed by atoms with Gasteiger partial charge in [-0.3, -0.25) is 0 Å². The molecule has 0 fully saturated rings. The van der Waals surface area contributed by atoms with E-state index in [1.54, 1.807) is 6.07 Å². The molecule has 3 aromatic carbocycles. The Morgan fingerprint density at radius 1 is 1.00 bits per heavy atom. The molecule has 180 valence electrons. The smallest absolute Gasteiger partial charge is 0.335 e. The van der Waals surface area contributed by atoms with Gasteiger partial charge in [-0.15, -0.1) is 0 Å². The van der Waals surface area contributed by atoms with Gasteiger partial charge in [0.1, 0.15) is 0 Å². The third kappa shape index (κ3) is 5.11. The minimum Gasteiger partial charge on any atom is -0.478 e. The molecule has 35 heavy (non-hydrogen) atoms. The van der Waals surface area contributed by atoms with Crippen molar-refractivity contribution >= 4 is 30.9 Å². The van der Waals surface area contributed by atoms with E-state index < -0.39 is 14.0 Å². The zero-order chi connectivity index (χ0) is 25.4. The summed E-state index contributed by atoms with van der Waals surface area (Å²) in [5, 5.41) is 10.9. The second kappa shape index (κ2) is 9.47.